The minimum absolute atomic E-state index is 0. The van der Waals surface area contributed by atoms with Crippen LogP contribution in [0.1, 0.15) is 24.0 Å². The Hall–Kier alpha value is -1.62. The van der Waals surface area contributed by atoms with Gasteiger partial charge in [-0.25, -0.2) is 4.39 Å². The number of hydrogen-bond acceptors (Lipinski definition) is 3. The largest absolute Gasteiger partial charge is 0.490 e. The van der Waals surface area contributed by atoms with E-state index in [0.717, 1.165) is 31.2 Å². The third-order valence-electron chi connectivity index (χ3n) is 4.94. The van der Waals surface area contributed by atoms with Gasteiger partial charge in [-0.1, -0.05) is 42.5 Å². The second-order valence-electron chi connectivity index (χ2n) is 6.83. The molecule has 0 spiro atoms. The van der Waals surface area contributed by atoms with Crippen molar-refractivity contribution in [2.24, 2.45) is 0 Å². The molecule has 3 rings (SSSR count). The normalized spacial score (nSPS) is 20.0. The number of ether oxygens (including phenoxy) is 1. The predicted octanol–water partition coefficient (Wildman–Crippen LogP) is 3.87. The zero-order chi connectivity index (χ0) is 17.6. The number of aryl methyl sites for hydroxylation is 2. The molecule has 0 saturated carbocycles. The van der Waals surface area contributed by atoms with E-state index in [1.54, 1.807) is 6.07 Å². The number of halogens is 2. The zero-order valence-electron chi connectivity index (χ0n) is 15.1. The molecule has 0 unspecified atom stereocenters. The molecule has 1 N–H and O–H groups in total. The number of nitrogens with zero attached hydrogens (tertiary/aromatic N) is 1. The van der Waals surface area contributed by atoms with Gasteiger partial charge in [0.15, 0.2) is 11.6 Å². The van der Waals surface area contributed by atoms with Crippen molar-refractivity contribution >= 4 is 12.4 Å². The Morgan fingerprint density at radius 2 is 1.88 bits per heavy atom. The van der Waals surface area contributed by atoms with Crippen LogP contribution in [0.3, 0.4) is 0 Å². The van der Waals surface area contributed by atoms with Crippen LogP contribution < -0.4 is 4.74 Å². The maximum Gasteiger partial charge on any atom is 0.165 e. The van der Waals surface area contributed by atoms with Crippen molar-refractivity contribution < 1.29 is 14.2 Å². The number of benzene rings is 2. The maximum atomic E-state index is 14.2. The van der Waals surface area contributed by atoms with Crippen LogP contribution in [0, 0.1) is 5.82 Å². The van der Waals surface area contributed by atoms with Crippen molar-refractivity contribution in [3.63, 3.8) is 0 Å². The molecule has 5 heteroatoms. The van der Waals surface area contributed by atoms with E-state index in [4.69, 9.17) is 4.74 Å². The van der Waals surface area contributed by atoms with E-state index in [1.165, 1.54) is 11.6 Å². The SMILES string of the molecule is CN1C[C@H](O)C[C@H]1CCOc1c(F)cccc1CCc1ccccc1.Cl. The number of hydrogen-bond donors (Lipinski definition) is 1. The summed E-state index contributed by atoms with van der Waals surface area (Å²) in [5.74, 6) is 0.0741. The van der Waals surface area contributed by atoms with Gasteiger partial charge in [0.2, 0.25) is 0 Å². The molecule has 0 amide bonds. The Morgan fingerprint density at radius 3 is 2.58 bits per heavy atom. The lowest BCUT2D eigenvalue weighted by molar-refractivity contribution is 0.182. The van der Waals surface area contributed by atoms with Crippen LogP contribution in [-0.2, 0) is 12.8 Å². The lowest BCUT2D eigenvalue weighted by Gasteiger charge is -2.19. The number of likely N-dealkylation sites (N-methyl/N-ethyl adjacent to an activating group) is 1. The minimum Gasteiger partial charge on any atom is -0.490 e. The molecule has 3 nitrogen and oxygen atoms in total. The molecule has 1 aliphatic heterocycles. The Kier molecular flexibility index (Phi) is 7.88. The van der Waals surface area contributed by atoms with E-state index in [2.05, 4.69) is 17.0 Å². The summed E-state index contributed by atoms with van der Waals surface area (Å²) in [5, 5.41) is 9.71. The number of aliphatic hydroxyl groups is 1. The number of likely N-dealkylation sites (tertiary alicyclic amines) is 1. The quantitative estimate of drug-likeness (QED) is 0.792. The average Bonchev–Trinajstić information content (AvgIpc) is 2.93. The first-order chi connectivity index (χ1) is 12.1. The molecule has 1 saturated heterocycles. The molecule has 2 aromatic carbocycles. The lowest BCUT2D eigenvalue weighted by Crippen LogP contribution is -2.27. The topological polar surface area (TPSA) is 32.7 Å². The van der Waals surface area contributed by atoms with E-state index in [-0.39, 0.29) is 24.3 Å². The number of aliphatic hydroxyl groups excluding tert-OH is 1. The summed E-state index contributed by atoms with van der Waals surface area (Å²) in [6.07, 6.45) is 2.90. The molecule has 1 aliphatic rings. The van der Waals surface area contributed by atoms with Gasteiger partial charge in [-0.3, -0.25) is 0 Å². The summed E-state index contributed by atoms with van der Waals surface area (Å²) >= 11 is 0. The monoisotopic (exact) mass is 379 g/mol. The third kappa shape index (κ3) is 5.44. The Morgan fingerprint density at radius 1 is 1.12 bits per heavy atom. The van der Waals surface area contributed by atoms with Crippen LogP contribution in [0.15, 0.2) is 48.5 Å². The van der Waals surface area contributed by atoms with Gasteiger partial charge < -0.3 is 14.7 Å². The molecule has 2 atom stereocenters. The van der Waals surface area contributed by atoms with Gasteiger partial charge in [0.25, 0.3) is 0 Å². The second kappa shape index (κ2) is 9.91. The summed E-state index contributed by atoms with van der Waals surface area (Å²) in [4.78, 5) is 2.14. The van der Waals surface area contributed by atoms with Crippen LogP contribution in [-0.4, -0.2) is 42.4 Å². The molecular weight excluding hydrogens is 353 g/mol. The molecule has 1 heterocycles. The highest BCUT2D eigenvalue weighted by molar-refractivity contribution is 5.85. The molecule has 0 bridgehead atoms. The minimum atomic E-state index is -0.301. The van der Waals surface area contributed by atoms with Crippen LogP contribution in [0.25, 0.3) is 0 Å². The molecule has 1 fully saturated rings. The lowest BCUT2D eigenvalue weighted by atomic mass is 10.0. The van der Waals surface area contributed by atoms with Crippen LogP contribution in [0.2, 0.25) is 0 Å². The van der Waals surface area contributed by atoms with Crippen molar-refractivity contribution in [3.8, 4) is 5.75 Å². The van der Waals surface area contributed by atoms with Gasteiger partial charge in [0, 0.05) is 12.6 Å². The van der Waals surface area contributed by atoms with E-state index < -0.39 is 0 Å². The van der Waals surface area contributed by atoms with Gasteiger partial charge in [-0.15, -0.1) is 12.4 Å². The first-order valence-corrected chi connectivity index (χ1v) is 8.96. The standard InChI is InChI=1S/C21H26FNO2.ClH/c1-23-15-19(24)14-18(23)12-13-25-21-17(8-5-9-20(21)22)11-10-16-6-3-2-4-7-16;/h2-9,18-19,24H,10-15H2,1H3;1H/t18-,19-;/m1./s1. The molecule has 0 radical (unpaired) electrons. The average molecular weight is 380 g/mol. The maximum absolute atomic E-state index is 14.2. The van der Waals surface area contributed by atoms with Crippen molar-refractivity contribution in [3.05, 3.63) is 65.5 Å². The summed E-state index contributed by atoms with van der Waals surface area (Å²) in [6.45, 7) is 1.16. The Bertz CT molecular complexity index is 683. The summed E-state index contributed by atoms with van der Waals surface area (Å²) in [7, 11) is 2.01. The highest BCUT2D eigenvalue weighted by atomic mass is 35.5. The highest BCUT2D eigenvalue weighted by Crippen LogP contribution is 2.25. The fourth-order valence-electron chi connectivity index (χ4n) is 3.52. The van der Waals surface area contributed by atoms with Crippen LogP contribution >= 0.6 is 12.4 Å². The molecular formula is C21H27ClFNO2. The fourth-order valence-corrected chi connectivity index (χ4v) is 3.52. The van der Waals surface area contributed by atoms with Crippen LogP contribution in [0.5, 0.6) is 5.75 Å². The Labute approximate surface area is 161 Å². The fraction of sp³-hybridized carbons (Fsp3) is 0.429. The smallest absolute Gasteiger partial charge is 0.165 e. The molecule has 26 heavy (non-hydrogen) atoms. The van der Waals surface area contributed by atoms with E-state index in [0.29, 0.717) is 24.9 Å². The summed E-state index contributed by atoms with van der Waals surface area (Å²) < 4.78 is 20.1. The van der Waals surface area contributed by atoms with Gasteiger partial charge in [0.05, 0.1) is 12.7 Å². The van der Waals surface area contributed by atoms with Crippen molar-refractivity contribution in [2.75, 3.05) is 20.2 Å². The first kappa shape index (κ1) is 20.7. The van der Waals surface area contributed by atoms with Gasteiger partial charge in [0.1, 0.15) is 0 Å². The summed E-state index contributed by atoms with van der Waals surface area (Å²) in [6, 6.07) is 15.6. The highest BCUT2D eigenvalue weighted by Gasteiger charge is 2.27. The first-order valence-electron chi connectivity index (χ1n) is 8.96. The molecule has 0 aliphatic carbocycles. The number of β-amino-alcohol motifs (C(OH)–C–C–N with tert-alkyl or cyclic N) is 1. The molecule has 2 aromatic rings. The van der Waals surface area contributed by atoms with E-state index in [9.17, 15) is 9.50 Å². The molecule has 142 valence electrons. The predicted molar refractivity (Wildman–Crippen MR) is 105 cm³/mol. The van der Waals surface area contributed by atoms with E-state index in [1.807, 2.05) is 31.3 Å². The summed E-state index contributed by atoms with van der Waals surface area (Å²) in [5.41, 5.74) is 2.14. The van der Waals surface area contributed by atoms with Crippen molar-refractivity contribution in [2.45, 2.75) is 37.8 Å². The molecule has 0 aromatic heterocycles. The van der Waals surface area contributed by atoms with Crippen molar-refractivity contribution in [1.82, 2.24) is 4.90 Å². The van der Waals surface area contributed by atoms with Gasteiger partial charge >= 0.3 is 0 Å². The number of rotatable bonds is 7. The van der Waals surface area contributed by atoms with Crippen molar-refractivity contribution in [1.29, 1.82) is 0 Å². The zero-order valence-corrected chi connectivity index (χ0v) is 15.9. The second-order valence-corrected chi connectivity index (χ2v) is 6.83. The van der Waals surface area contributed by atoms with Gasteiger partial charge in [-0.2, -0.15) is 0 Å². The number of para-hydroxylation sites is 1. The van der Waals surface area contributed by atoms with E-state index >= 15 is 0 Å². The van der Waals surface area contributed by atoms with Crippen LogP contribution in [0.4, 0.5) is 4.39 Å². The Balaban J connectivity index is 0.00000243. The third-order valence-corrected chi connectivity index (χ3v) is 4.94. The van der Waals surface area contributed by atoms with Gasteiger partial charge in [-0.05, 0) is 49.9 Å².